The summed E-state index contributed by atoms with van der Waals surface area (Å²) in [4.78, 5) is 15.0. The highest BCUT2D eigenvalue weighted by atomic mass is 19.1. The molecule has 0 aromatic heterocycles. The zero-order valence-electron chi connectivity index (χ0n) is 22.3. The van der Waals surface area contributed by atoms with Crippen LogP contribution in [0.5, 0.6) is 0 Å². The van der Waals surface area contributed by atoms with Gasteiger partial charge in [-0.1, -0.05) is 42.0 Å². The maximum atomic E-state index is 15.5. The second-order valence-electron chi connectivity index (χ2n) is 10.7. The highest BCUT2D eigenvalue weighted by Crippen LogP contribution is 2.44. The van der Waals surface area contributed by atoms with E-state index in [0.29, 0.717) is 37.2 Å². The number of urea groups is 1. The number of piperidine rings is 2. The van der Waals surface area contributed by atoms with Gasteiger partial charge in [0.05, 0.1) is 5.60 Å². The molecule has 2 saturated heterocycles. The number of amides is 2. The van der Waals surface area contributed by atoms with Gasteiger partial charge in [-0.05, 0) is 75.6 Å². The number of rotatable bonds is 9. The Hall–Kier alpha value is -2.48. The summed E-state index contributed by atoms with van der Waals surface area (Å²) >= 11 is 0. The highest BCUT2D eigenvalue weighted by molar-refractivity contribution is 5.75. The van der Waals surface area contributed by atoms with Crippen LogP contribution < -0.4 is 10.6 Å². The average molecular weight is 512 g/mol. The minimum atomic E-state index is -1.28. The fourth-order valence-corrected chi connectivity index (χ4v) is 5.97. The molecule has 0 unspecified atom stereocenters. The van der Waals surface area contributed by atoms with E-state index in [1.165, 1.54) is 6.07 Å². The standard InChI is InChI=1S/C30H42FN3O3/c1-22-9-5-10-23(19-22)28-26(13-6-14-27(28)31)30(36,15-3-4-18-37-2)24-11-8-17-34(21-24)29(35)33-25-12-7-16-32-20-25/h5-6,9-10,13-14,19,24-25,32,36H,3-4,7-8,11-12,15-18,20-21H2,1-2H3,(H,33,35)/t24-,25+,30+/m1/s1. The first kappa shape index (κ1) is 27.6. The Morgan fingerprint density at radius 3 is 2.81 bits per heavy atom. The Balaban J connectivity index is 1.64. The molecule has 0 aliphatic carbocycles. The fourth-order valence-electron chi connectivity index (χ4n) is 5.97. The van der Waals surface area contributed by atoms with Crippen molar-refractivity contribution in [3.05, 3.63) is 59.4 Å². The number of nitrogens with zero attached hydrogens (tertiary/aromatic N) is 1. The van der Waals surface area contributed by atoms with Crippen LogP contribution in [0.15, 0.2) is 42.5 Å². The molecule has 2 aliphatic heterocycles. The number of unbranched alkanes of at least 4 members (excludes halogenated alkanes) is 1. The zero-order chi connectivity index (χ0) is 26.3. The van der Waals surface area contributed by atoms with Crippen molar-refractivity contribution in [1.82, 2.24) is 15.5 Å². The molecular formula is C30H42FN3O3. The molecule has 3 atom stereocenters. The maximum absolute atomic E-state index is 15.5. The highest BCUT2D eigenvalue weighted by Gasteiger charge is 2.43. The second kappa shape index (κ2) is 12.9. The second-order valence-corrected chi connectivity index (χ2v) is 10.7. The lowest BCUT2D eigenvalue weighted by Gasteiger charge is -2.44. The van der Waals surface area contributed by atoms with Crippen molar-refractivity contribution in [2.45, 2.75) is 63.5 Å². The maximum Gasteiger partial charge on any atom is 0.317 e. The number of nitrogens with one attached hydrogen (secondary N) is 2. The predicted octanol–water partition coefficient (Wildman–Crippen LogP) is 4.98. The van der Waals surface area contributed by atoms with Crippen molar-refractivity contribution < 1.29 is 19.0 Å². The summed E-state index contributed by atoms with van der Waals surface area (Å²) in [5.74, 6) is -0.544. The van der Waals surface area contributed by atoms with Crippen LogP contribution in [-0.4, -0.2) is 62.0 Å². The van der Waals surface area contributed by atoms with Crippen molar-refractivity contribution in [3.63, 3.8) is 0 Å². The number of carbonyl (C=O) groups is 1. The largest absolute Gasteiger partial charge is 0.385 e. The molecule has 2 heterocycles. The SMILES string of the molecule is COCCCC[C@@](O)(c1cccc(F)c1-c1cccc(C)c1)[C@@H]1CCCN(C(=O)N[C@H]2CCCNC2)C1. The lowest BCUT2D eigenvalue weighted by Crippen LogP contribution is -2.54. The van der Waals surface area contributed by atoms with Crippen LogP contribution in [0.4, 0.5) is 9.18 Å². The third-order valence-electron chi connectivity index (χ3n) is 7.95. The predicted molar refractivity (Wildman–Crippen MR) is 145 cm³/mol. The first-order valence-corrected chi connectivity index (χ1v) is 13.8. The van der Waals surface area contributed by atoms with E-state index in [4.69, 9.17) is 4.74 Å². The summed E-state index contributed by atoms with van der Waals surface area (Å²) in [6.07, 6.45) is 5.63. The van der Waals surface area contributed by atoms with Gasteiger partial charge in [-0.15, -0.1) is 0 Å². The number of hydrogen-bond acceptors (Lipinski definition) is 4. The van der Waals surface area contributed by atoms with Gasteiger partial charge in [0.1, 0.15) is 5.82 Å². The quantitative estimate of drug-likeness (QED) is 0.415. The molecule has 3 N–H and O–H groups in total. The summed E-state index contributed by atoms with van der Waals surface area (Å²) in [6, 6.07) is 12.9. The third-order valence-corrected chi connectivity index (χ3v) is 7.95. The number of hydrogen-bond donors (Lipinski definition) is 3. The summed E-state index contributed by atoms with van der Waals surface area (Å²) in [5.41, 5.74) is 1.58. The molecule has 37 heavy (non-hydrogen) atoms. The van der Waals surface area contributed by atoms with Crippen molar-refractivity contribution >= 4 is 6.03 Å². The van der Waals surface area contributed by atoms with Gasteiger partial charge in [0.2, 0.25) is 0 Å². The molecule has 0 bridgehead atoms. The molecule has 2 fully saturated rings. The van der Waals surface area contributed by atoms with Crippen LogP contribution in [0.2, 0.25) is 0 Å². The molecule has 2 amide bonds. The number of ether oxygens (including phenoxy) is 1. The molecule has 6 nitrogen and oxygen atoms in total. The molecule has 4 rings (SSSR count). The van der Waals surface area contributed by atoms with Gasteiger partial charge in [-0.3, -0.25) is 0 Å². The van der Waals surface area contributed by atoms with Crippen molar-refractivity contribution in [2.75, 3.05) is 39.9 Å². The van der Waals surface area contributed by atoms with E-state index in [2.05, 4.69) is 10.6 Å². The van der Waals surface area contributed by atoms with E-state index in [-0.39, 0.29) is 23.8 Å². The van der Waals surface area contributed by atoms with E-state index in [1.807, 2.05) is 42.2 Å². The fraction of sp³-hybridized carbons (Fsp3) is 0.567. The van der Waals surface area contributed by atoms with Gasteiger partial charge in [0.25, 0.3) is 0 Å². The van der Waals surface area contributed by atoms with Crippen LogP contribution in [0.25, 0.3) is 11.1 Å². The Bertz CT molecular complexity index is 1040. The monoisotopic (exact) mass is 511 g/mol. The molecular weight excluding hydrogens is 469 g/mol. The smallest absolute Gasteiger partial charge is 0.317 e. The minimum absolute atomic E-state index is 0.0710. The van der Waals surface area contributed by atoms with Gasteiger partial charge in [0, 0.05) is 50.9 Å². The lowest BCUT2D eigenvalue weighted by molar-refractivity contribution is -0.0561. The van der Waals surface area contributed by atoms with Gasteiger partial charge < -0.3 is 25.4 Å². The van der Waals surface area contributed by atoms with Crippen LogP contribution in [0, 0.1) is 18.7 Å². The number of carbonyl (C=O) groups excluding carboxylic acids is 1. The van der Waals surface area contributed by atoms with Crippen molar-refractivity contribution in [1.29, 1.82) is 0 Å². The van der Waals surface area contributed by atoms with E-state index in [1.54, 1.807) is 13.2 Å². The normalized spacial score (nSPS) is 21.9. The van der Waals surface area contributed by atoms with Crippen molar-refractivity contribution in [3.8, 4) is 11.1 Å². The number of methoxy groups -OCH3 is 1. The Morgan fingerprint density at radius 2 is 2.05 bits per heavy atom. The van der Waals surface area contributed by atoms with Crippen LogP contribution in [-0.2, 0) is 10.3 Å². The molecule has 2 aromatic carbocycles. The molecule has 202 valence electrons. The Kier molecular flexibility index (Phi) is 9.57. The van der Waals surface area contributed by atoms with Gasteiger partial charge in [-0.2, -0.15) is 0 Å². The Morgan fingerprint density at radius 1 is 1.22 bits per heavy atom. The van der Waals surface area contributed by atoms with Gasteiger partial charge in [-0.25, -0.2) is 9.18 Å². The average Bonchev–Trinajstić information content (AvgIpc) is 2.91. The lowest BCUT2D eigenvalue weighted by atomic mass is 9.72. The molecule has 0 saturated carbocycles. The number of halogens is 1. The number of benzene rings is 2. The van der Waals surface area contributed by atoms with Crippen molar-refractivity contribution in [2.24, 2.45) is 5.92 Å². The molecule has 2 aliphatic rings. The van der Waals surface area contributed by atoms with E-state index < -0.39 is 5.60 Å². The Labute approximate surface area is 220 Å². The summed E-state index contributed by atoms with van der Waals surface area (Å²) in [6.45, 7) is 5.48. The summed E-state index contributed by atoms with van der Waals surface area (Å²) in [7, 11) is 1.67. The summed E-state index contributed by atoms with van der Waals surface area (Å²) in [5, 5.41) is 19.0. The third kappa shape index (κ3) is 6.70. The number of likely N-dealkylation sites (tertiary alicyclic amines) is 1. The van der Waals surface area contributed by atoms with Crippen LogP contribution in [0.3, 0.4) is 0 Å². The topological polar surface area (TPSA) is 73.8 Å². The van der Waals surface area contributed by atoms with E-state index in [0.717, 1.165) is 62.7 Å². The first-order valence-electron chi connectivity index (χ1n) is 13.8. The molecule has 2 aromatic rings. The van der Waals surface area contributed by atoms with E-state index in [9.17, 15) is 9.90 Å². The molecule has 0 spiro atoms. The molecule has 0 radical (unpaired) electrons. The van der Waals surface area contributed by atoms with E-state index >= 15 is 4.39 Å². The first-order chi connectivity index (χ1) is 17.9. The number of aryl methyl sites for hydroxylation is 1. The minimum Gasteiger partial charge on any atom is -0.385 e. The van der Waals surface area contributed by atoms with Gasteiger partial charge in [0.15, 0.2) is 0 Å². The number of aliphatic hydroxyl groups is 1. The molecule has 7 heteroatoms. The zero-order valence-corrected chi connectivity index (χ0v) is 22.3. The summed E-state index contributed by atoms with van der Waals surface area (Å²) < 4.78 is 20.7. The van der Waals surface area contributed by atoms with Gasteiger partial charge >= 0.3 is 6.03 Å². The van der Waals surface area contributed by atoms with Crippen LogP contribution in [0.1, 0.15) is 56.1 Å². The van der Waals surface area contributed by atoms with Crippen LogP contribution >= 0.6 is 0 Å².